The van der Waals surface area contributed by atoms with Crippen molar-refractivity contribution >= 4 is 5.97 Å². The molecule has 1 rings (SSSR count). The van der Waals surface area contributed by atoms with E-state index in [4.69, 9.17) is 4.74 Å². The van der Waals surface area contributed by atoms with Crippen molar-refractivity contribution in [1.29, 1.82) is 0 Å². The van der Waals surface area contributed by atoms with E-state index in [-0.39, 0.29) is 30.5 Å². The second-order valence-corrected chi connectivity index (χ2v) is 8.01. The molecule has 1 saturated carbocycles. The van der Waals surface area contributed by atoms with Gasteiger partial charge in [0.25, 0.3) is 0 Å². The van der Waals surface area contributed by atoms with Gasteiger partial charge in [-0.1, -0.05) is 44.4 Å². The van der Waals surface area contributed by atoms with Crippen LogP contribution in [0.1, 0.15) is 78.1 Å². The summed E-state index contributed by atoms with van der Waals surface area (Å²) >= 11 is 0. The number of carbonyl (C=O) groups excluding carboxylic acids is 1. The first-order valence-corrected chi connectivity index (χ1v) is 10.9. The van der Waals surface area contributed by atoms with Gasteiger partial charge in [0.2, 0.25) is 0 Å². The van der Waals surface area contributed by atoms with Crippen LogP contribution in [0.15, 0.2) is 24.3 Å². The average Bonchev–Trinajstić information content (AvgIpc) is 2.91. The summed E-state index contributed by atoms with van der Waals surface area (Å²) in [5.41, 5.74) is 0. The predicted molar refractivity (Wildman–Crippen MR) is 112 cm³/mol. The molecule has 1 aliphatic carbocycles. The number of aliphatic hydroxyl groups excluding tert-OH is 3. The Morgan fingerprint density at radius 2 is 1.71 bits per heavy atom. The van der Waals surface area contributed by atoms with Crippen molar-refractivity contribution in [2.45, 2.75) is 96.4 Å². The molecule has 5 nitrogen and oxygen atoms in total. The summed E-state index contributed by atoms with van der Waals surface area (Å²) in [4.78, 5) is 10.6. The molecular weight excluding hydrogens is 356 g/mol. The van der Waals surface area contributed by atoms with Crippen molar-refractivity contribution in [2.24, 2.45) is 11.8 Å². The lowest BCUT2D eigenvalue weighted by Gasteiger charge is -2.24. The molecule has 5 heteroatoms. The maximum absolute atomic E-state index is 10.6. The zero-order chi connectivity index (χ0) is 20.8. The molecule has 0 unspecified atom stereocenters. The third-order valence-corrected chi connectivity index (χ3v) is 5.67. The fourth-order valence-electron chi connectivity index (χ4n) is 4.09. The molecule has 0 aromatic heterocycles. The lowest BCUT2D eigenvalue weighted by molar-refractivity contribution is -0.139. The first kappa shape index (κ1) is 24.9. The highest BCUT2D eigenvalue weighted by molar-refractivity contribution is 5.65. The van der Waals surface area contributed by atoms with Gasteiger partial charge in [-0.2, -0.15) is 0 Å². The van der Waals surface area contributed by atoms with E-state index in [9.17, 15) is 20.1 Å². The van der Waals surface area contributed by atoms with Crippen LogP contribution in [0.4, 0.5) is 0 Å². The number of unbranched alkanes of at least 4 members (excludes halogenated alkanes) is 3. The van der Waals surface area contributed by atoms with Gasteiger partial charge >= 0.3 is 5.97 Å². The zero-order valence-electron chi connectivity index (χ0n) is 17.6. The number of hydrogen-bond donors (Lipinski definition) is 3. The Morgan fingerprint density at radius 3 is 2.39 bits per heavy atom. The minimum absolute atomic E-state index is 0.0865. The molecule has 0 aromatic rings. The number of esters is 1. The van der Waals surface area contributed by atoms with Gasteiger partial charge in [0, 0.05) is 6.92 Å². The Morgan fingerprint density at radius 1 is 1.04 bits per heavy atom. The van der Waals surface area contributed by atoms with E-state index >= 15 is 0 Å². The van der Waals surface area contributed by atoms with E-state index in [0.717, 1.165) is 51.4 Å². The van der Waals surface area contributed by atoms with Crippen molar-refractivity contribution in [3.8, 4) is 0 Å². The van der Waals surface area contributed by atoms with E-state index in [1.54, 1.807) is 6.08 Å². The van der Waals surface area contributed by atoms with Gasteiger partial charge in [-0.05, 0) is 62.9 Å². The van der Waals surface area contributed by atoms with Crippen molar-refractivity contribution in [3.05, 3.63) is 24.3 Å². The topological polar surface area (TPSA) is 87.0 Å². The lowest BCUT2D eigenvalue weighted by Crippen LogP contribution is -2.23. The first-order valence-electron chi connectivity index (χ1n) is 10.9. The van der Waals surface area contributed by atoms with Crippen molar-refractivity contribution in [3.63, 3.8) is 0 Å². The van der Waals surface area contributed by atoms with E-state index in [1.165, 1.54) is 6.92 Å². The molecule has 162 valence electrons. The molecule has 0 saturated heterocycles. The van der Waals surface area contributed by atoms with Gasteiger partial charge in [-0.15, -0.1) is 0 Å². The molecule has 0 bridgehead atoms. The number of hydrogen-bond acceptors (Lipinski definition) is 5. The molecule has 0 aromatic carbocycles. The fourth-order valence-corrected chi connectivity index (χ4v) is 4.09. The van der Waals surface area contributed by atoms with Crippen LogP contribution >= 0.6 is 0 Å². The average molecular weight is 397 g/mol. The van der Waals surface area contributed by atoms with Gasteiger partial charge in [0.05, 0.1) is 18.3 Å². The molecule has 1 aliphatic rings. The second kappa shape index (κ2) is 14.8. The summed E-state index contributed by atoms with van der Waals surface area (Å²) in [6.07, 6.45) is 15.3. The van der Waals surface area contributed by atoms with E-state index in [0.29, 0.717) is 12.8 Å². The van der Waals surface area contributed by atoms with Gasteiger partial charge in [-0.3, -0.25) is 4.79 Å². The molecular formula is C23H40O5. The lowest BCUT2D eigenvalue weighted by atomic mass is 9.84. The molecule has 0 amide bonds. The van der Waals surface area contributed by atoms with Crippen LogP contribution in [-0.2, 0) is 9.53 Å². The minimum Gasteiger partial charge on any atom is -0.462 e. The van der Waals surface area contributed by atoms with Gasteiger partial charge < -0.3 is 20.1 Å². The van der Waals surface area contributed by atoms with Crippen LogP contribution in [0.25, 0.3) is 0 Å². The summed E-state index contributed by atoms with van der Waals surface area (Å²) in [5.74, 6) is -0.0804. The van der Waals surface area contributed by atoms with Gasteiger partial charge in [0.15, 0.2) is 0 Å². The Kier molecular flexibility index (Phi) is 13.1. The molecule has 3 N–H and O–H groups in total. The van der Waals surface area contributed by atoms with Crippen LogP contribution in [0.5, 0.6) is 0 Å². The molecule has 0 heterocycles. The quantitative estimate of drug-likeness (QED) is 0.235. The van der Waals surface area contributed by atoms with E-state index in [2.05, 4.69) is 13.0 Å². The molecule has 0 aliphatic heterocycles. The highest BCUT2D eigenvalue weighted by Crippen LogP contribution is 2.39. The van der Waals surface area contributed by atoms with Crippen LogP contribution in [0.2, 0.25) is 0 Å². The van der Waals surface area contributed by atoms with Gasteiger partial charge in [0.1, 0.15) is 6.61 Å². The predicted octanol–water partition coefficient (Wildman–Crippen LogP) is 3.91. The summed E-state index contributed by atoms with van der Waals surface area (Å²) in [6.45, 7) is 3.83. The van der Waals surface area contributed by atoms with Crippen LogP contribution < -0.4 is 0 Å². The third kappa shape index (κ3) is 10.4. The highest BCUT2D eigenvalue weighted by atomic mass is 16.5. The number of ether oxygens (including phenoxy) is 1. The van der Waals surface area contributed by atoms with Crippen LogP contribution in [-0.4, -0.2) is 46.2 Å². The smallest absolute Gasteiger partial charge is 0.302 e. The normalized spacial score (nSPS) is 26.3. The summed E-state index contributed by atoms with van der Waals surface area (Å²) in [7, 11) is 0. The first-order chi connectivity index (χ1) is 13.5. The Balaban J connectivity index is 2.30. The van der Waals surface area contributed by atoms with Crippen molar-refractivity contribution in [2.75, 3.05) is 6.61 Å². The monoisotopic (exact) mass is 396 g/mol. The Hall–Kier alpha value is -1.17. The van der Waals surface area contributed by atoms with E-state index in [1.807, 2.05) is 12.2 Å². The molecule has 0 spiro atoms. The molecule has 28 heavy (non-hydrogen) atoms. The largest absolute Gasteiger partial charge is 0.462 e. The zero-order valence-corrected chi connectivity index (χ0v) is 17.6. The summed E-state index contributed by atoms with van der Waals surface area (Å²) in [6, 6.07) is 0. The van der Waals surface area contributed by atoms with Crippen molar-refractivity contribution < 1.29 is 24.9 Å². The minimum atomic E-state index is -0.456. The second-order valence-electron chi connectivity index (χ2n) is 8.01. The van der Waals surface area contributed by atoms with Crippen LogP contribution in [0, 0.1) is 11.8 Å². The van der Waals surface area contributed by atoms with Crippen molar-refractivity contribution in [1.82, 2.24) is 0 Å². The molecule has 5 atom stereocenters. The molecule has 1 fully saturated rings. The fraction of sp³-hybridized carbons (Fsp3) is 0.783. The number of allylic oxidation sites excluding steroid dienone is 3. The molecule has 0 radical (unpaired) electrons. The number of rotatable bonds is 14. The third-order valence-electron chi connectivity index (χ3n) is 5.67. The van der Waals surface area contributed by atoms with E-state index < -0.39 is 12.2 Å². The maximum atomic E-state index is 10.6. The SMILES string of the molecule is CCCCC[C@H](O)CC[C@@H]1[C@@H](CCC/C=C/C=C/COC(C)=O)[C@@H](O)C[C@H]1O. The number of aliphatic hydroxyl groups is 3. The standard InChI is InChI=1S/C23H40O5/c1-3-4-9-12-19(25)14-15-21-20(22(26)17-23(21)27)13-10-7-5-6-8-11-16-28-18(2)24/h5-6,8,11,19-23,25-27H,3-4,7,9-10,12-17H2,1-2H3/b6-5+,11-8+/t19-,20+,21+,22-,23+/m0/s1. The number of carbonyl (C=O) groups is 1. The summed E-state index contributed by atoms with van der Waals surface area (Å²) in [5, 5.41) is 30.8. The highest BCUT2D eigenvalue weighted by Gasteiger charge is 2.40. The Bertz CT molecular complexity index is 474. The Labute approximate surface area is 170 Å². The summed E-state index contributed by atoms with van der Waals surface area (Å²) < 4.78 is 4.81. The van der Waals surface area contributed by atoms with Gasteiger partial charge in [-0.25, -0.2) is 0 Å². The van der Waals surface area contributed by atoms with Crippen LogP contribution in [0.3, 0.4) is 0 Å². The maximum Gasteiger partial charge on any atom is 0.302 e.